The summed E-state index contributed by atoms with van der Waals surface area (Å²) < 4.78 is 33.4. The van der Waals surface area contributed by atoms with E-state index >= 15 is 0 Å². The summed E-state index contributed by atoms with van der Waals surface area (Å²) in [5, 5.41) is 3.18. The number of benzene rings is 3. The lowest BCUT2D eigenvalue weighted by atomic mass is 10.2. The predicted octanol–water partition coefficient (Wildman–Crippen LogP) is 5.16. The minimum Gasteiger partial charge on any atom is -0.495 e. The van der Waals surface area contributed by atoms with E-state index in [4.69, 9.17) is 16.3 Å². The molecule has 0 saturated carbocycles. The van der Waals surface area contributed by atoms with E-state index in [0.29, 0.717) is 27.7 Å². The van der Waals surface area contributed by atoms with E-state index in [2.05, 4.69) is 26.0 Å². The molecule has 0 saturated heterocycles. The molecule has 0 aliphatic heterocycles. The van der Waals surface area contributed by atoms with Crippen molar-refractivity contribution in [2.24, 2.45) is 0 Å². The molecule has 0 unspecified atom stereocenters. The van der Waals surface area contributed by atoms with Crippen LogP contribution in [0.2, 0.25) is 5.02 Å². The van der Waals surface area contributed by atoms with Crippen molar-refractivity contribution in [3.05, 3.63) is 81.8 Å². The number of hydrogen-bond acceptors (Lipinski definition) is 4. The average molecular weight is 496 g/mol. The number of ether oxygens (including phenoxy) is 1. The van der Waals surface area contributed by atoms with E-state index in [0.717, 1.165) is 4.47 Å². The smallest absolute Gasteiger partial charge is 0.261 e. The summed E-state index contributed by atoms with van der Waals surface area (Å²) in [6, 6.07) is 17.2. The Bertz CT molecular complexity index is 1130. The van der Waals surface area contributed by atoms with Gasteiger partial charge in [0, 0.05) is 20.7 Å². The molecule has 6 nitrogen and oxygen atoms in total. The maximum Gasteiger partial charge on any atom is 0.261 e. The van der Waals surface area contributed by atoms with Gasteiger partial charge in [-0.1, -0.05) is 27.5 Å². The Balaban J connectivity index is 1.74. The predicted molar refractivity (Wildman–Crippen MR) is 117 cm³/mol. The summed E-state index contributed by atoms with van der Waals surface area (Å²) in [6.07, 6.45) is 0. The highest BCUT2D eigenvalue weighted by atomic mass is 79.9. The van der Waals surface area contributed by atoms with Crippen LogP contribution in [0.3, 0.4) is 0 Å². The Hall–Kier alpha value is -2.55. The Morgan fingerprint density at radius 1 is 1.00 bits per heavy atom. The number of anilines is 2. The van der Waals surface area contributed by atoms with Crippen LogP contribution in [-0.2, 0) is 10.0 Å². The highest BCUT2D eigenvalue weighted by Gasteiger charge is 2.15. The fourth-order valence-electron chi connectivity index (χ4n) is 2.49. The molecule has 0 aliphatic carbocycles. The molecule has 3 aromatic carbocycles. The van der Waals surface area contributed by atoms with Crippen molar-refractivity contribution in [3.8, 4) is 5.75 Å². The van der Waals surface area contributed by atoms with E-state index in [1.807, 2.05) is 0 Å². The largest absolute Gasteiger partial charge is 0.495 e. The molecular formula is C20H16BrClN2O4S. The Morgan fingerprint density at radius 2 is 1.66 bits per heavy atom. The molecule has 0 atom stereocenters. The molecule has 2 N–H and O–H groups in total. The molecule has 3 aromatic rings. The SMILES string of the molecule is COc1ccc(Cl)cc1NC(=O)c1ccc(NS(=O)(=O)c2ccc(Br)cc2)cc1. The molecule has 1 amide bonds. The van der Waals surface area contributed by atoms with Gasteiger partial charge in [-0.2, -0.15) is 0 Å². The maximum absolute atomic E-state index is 12.5. The fourth-order valence-corrected chi connectivity index (χ4v) is 3.98. The van der Waals surface area contributed by atoms with Gasteiger partial charge in [0.25, 0.3) is 15.9 Å². The summed E-state index contributed by atoms with van der Waals surface area (Å²) in [4.78, 5) is 12.6. The first-order chi connectivity index (χ1) is 13.8. The van der Waals surface area contributed by atoms with Crippen LogP contribution >= 0.6 is 27.5 Å². The van der Waals surface area contributed by atoms with E-state index in [9.17, 15) is 13.2 Å². The zero-order valence-electron chi connectivity index (χ0n) is 15.1. The standard InChI is InChI=1S/C20H16BrClN2O4S/c1-28-19-11-6-15(22)12-18(19)23-20(25)13-2-7-16(8-3-13)24-29(26,27)17-9-4-14(21)5-10-17/h2-12,24H,1H3,(H,23,25). The van der Waals surface area contributed by atoms with E-state index in [-0.39, 0.29) is 10.8 Å². The van der Waals surface area contributed by atoms with Gasteiger partial charge >= 0.3 is 0 Å². The maximum atomic E-state index is 12.5. The second-order valence-electron chi connectivity index (χ2n) is 5.94. The first-order valence-corrected chi connectivity index (χ1v) is 11.0. The Kier molecular flexibility index (Phi) is 6.46. The number of methoxy groups -OCH3 is 1. The number of halogens is 2. The monoisotopic (exact) mass is 494 g/mol. The van der Waals surface area contributed by atoms with Crippen molar-refractivity contribution in [1.29, 1.82) is 0 Å². The first kappa shape index (κ1) is 21.2. The number of hydrogen-bond donors (Lipinski definition) is 2. The Morgan fingerprint density at radius 3 is 2.28 bits per heavy atom. The first-order valence-electron chi connectivity index (χ1n) is 8.32. The highest BCUT2D eigenvalue weighted by molar-refractivity contribution is 9.10. The molecule has 3 rings (SSSR count). The summed E-state index contributed by atoms with van der Waals surface area (Å²) in [7, 11) is -2.24. The van der Waals surface area contributed by atoms with Crippen LogP contribution in [0.25, 0.3) is 0 Å². The van der Waals surface area contributed by atoms with Gasteiger partial charge in [-0.05, 0) is 66.7 Å². The number of rotatable bonds is 6. The van der Waals surface area contributed by atoms with Gasteiger partial charge in [-0.25, -0.2) is 8.42 Å². The molecular weight excluding hydrogens is 480 g/mol. The number of carbonyl (C=O) groups is 1. The van der Waals surface area contributed by atoms with Crippen LogP contribution in [-0.4, -0.2) is 21.4 Å². The molecule has 150 valence electrons. The van der Waals surface area contributed by atoms with Gasteiger partial charge in [0.2, 0.25) is 0 Å². The van der Waals surface area contributed by atoms with Gasteiger partial charge < -0.3 is 10.1 Å². The number of amides is 1. The lowest BCUT2D eigenvalue weighted by Gasteiger charge is -2.11. The average Bonchev–Trinajstić information content (AvgIpc) is 2.69. The molecule has 0 aliphatic rings. The quantitative estimate of drug-likeness (QED) is 0.494. The van der Waals surface area contributed by atoms with Crippen LogP contribution in [0, 0.1) is 0 Å². The molecule has 29 heavy (non-hydrogen) atoms. The van der Waals surface area contributed by atoms with E-state index in [1.165, 1.54) is 43.5 Å². The second kappa shape index (κ2) is 8.86. The van der Waals surface area contributed by atoms with Crippen molar-refractivity contribution >= 4 is 54.8 Å². The summed E-state index contributed by atoms with van der Waals surface area (Å²) >= 11 is 9.24. The normalized spacial score (nSPS) is 11.0. The zero-order chi connectivity index (χ0) is 21.0. The van der Waals surface area contributed by atoms with Gasteiger partial charge in [-0.3, -0.25) is 9.52 Å². The van der Waals surface area contributed by atoms with Gasteiger partial charge in [0.1, 0.15) is 5.75 Å². The third-order valence-electron chi connectivity index (χ3n) is 3.93. The van der Waals surface area contributed by atoms with Crippen LogP contribution in [0.4, 0.5) is 11.4 Å². The van der Waals surface area contributed by atoms with Crippen LogP contribution in [0.5, 0.6) is 5.75 Å². The highest BCUT2D eigenvalue weighted by Crippen LogP contribution is 2.28. The summed E-state index contributed by atoms with van der Waals surface area (Å²) in [5.41, 5.74) is 1.12. The van der Waals surface area contributed by atoms with E-state index < -0.39 is 10.0 Å². The molecule has 0 spiro atoms. The minimum atomic E-state index is -3.73. The fraction of sp³-hybridized carbons (Fsp3) is 0.0500. The molecule has 0 radical (unpaired) electrons. The molecule has 0 fully saturated rings. The molecule has 9 heteroatoms. The Labute approximate surface area is 182 Å². The van der Waals surface area contributed by atoms with Crippen LogP contribution < -0.4 is 14.8 Å². The third kappa shape index (κ3) is 5.29. The third-order valence-corrected chi connectivity index (χ3v) is 6.09. The van der Waals surface area contributed by atoms with Gasteiger partial charge in [0.05, 0.1) is 17.7 Å². The lowest BCUT2D eigenvalue weighted by molar-refractivity contribution is 0.102. The molecule has 0 heterocycles. The van der Waals surface area contributed by atoms with Crippen molar-refractivity contribution in [1.82, 2.24) is 0 Å². The second-order valence-corrected chi connectivity index (χ2v) is 8.97. The van der Waals surface area contributed by atoms with Crippen molar-refractivity contribution in [3.63, 3.8) is 0 Å². The van der Waals surface area contributed by atoms with E-state index in [1.54, 1.807) is 30.3 Å². The minimum absolute atomic E-state index is 0.135. The van der Waals surface area contributed by atoms with Crippen LogP contribution in [0.1, 0.15) is 10.4 Å². The topological polar surface area (TPSA) is 84.5 Å². The zero-order valence-corrected chi connectivity index (χ0v) is 18.3. The lowest BCUT2D eigenvalue weighted by Crippen LogP contribution is -2.14. The van der Waals surface area contributed by atoms with Crippen molar-refractivity contribution < 1.29 is 17.9 Å². The summed E-state index contributed by atoms with van der Waals surface area (Å²) in [6.45, 7) is 0. The number of sulfonamides is 1. The number of nitrogens with one attached hydrogen (secondary N) is 2. The van der Waals surface area contributed by atoms with Crippen molar-refractivity contribution in [2.75, 3.05) is 17.1 Å². The molecule has 0 aromatic heterocycles. The summed E-state index contributed by atoms with van der Waals surface area (Å²) in [5.74, 6) is 0.0921. The van der Waals surface area contributed by atoms with Crippen LogP contribution in [0.15, 0.2) is 76.1 Å². The van der Waals surface area contributed by atoms with Crippen molar-refractivity contribution in [2.45, 2.75) is 4.90 Å². The van der Waals surface area contributed by atoms with Gasteiger partial charge in [-0.15, -0.1) is 0 Å². The molecule has 0 bridgehead atoms. The number of carbonyl (C=O) groups excluding carboxylic acids is 1. The van der Waals surface area contributed by atoms with Gasteiger partial charge in [0.15, 0.2) is 0 Å².